The zero-order chi connectivity index (χ0) is 15.6. The van der Waals surface area contributed by atoms with E-state index >= 15 is 0 Å². The second-order valence-electron chi connectivity index (χ2n) is 4.98. The SMILES string of the molecule is CC(C)[C@H](NC(=O)O)c1ncc(-c2ccc(Cl)c(Cl)c2)[nH]1. The number of aromatic amines is 1. The third kappa shape index (κ3) is 3.68. The quantitative estimate of drug-likeness (QED) is 0.781. The van der Waals surface area contributed by atoms with Crippen molar-refractivity contribution in [3.05, 3.63) is 40.3 Å². The van der Waals surface area contributed by atoms with Crippen molar-refractivity contribution >= 4 is 29.3 Å². The van der Waals surface area contributed by atoms with Crippen LogP contribution in [0, 0.1) is 5.92 Å². The number of rotatable bonds is 4. The molecule has 1 amide bonds. The van der Waals surface area contributed by atoms with Crippen molar-refractivity contribution in [2.75, 3.05) is 0 Å². The molecule has 0 aliphatic heterocycles. The topological polar surface area (TPSA) is 78.0 Å². The highest BCUT2D eigenvalue weighted by Crippen LogP contribution is 2.29. The molecule has 0 bridgehead atoms. The van der Waals surface area contributed by atoms with Gasteiger partial charge < -0.3 is 15.4 Å². The van der Waals surface area contributed by atoms with E-state index in [0.29, 0.717) is 15.9 Å². The number of imidazole rings is 1. The number of nitrogens with one attached hydrogen (secondary N) is 2. The van der Waals surface area contributed by atoms with Gasteiger partial charge in [-0.25, -0.2) is 9.78 Å². The molecule has 1 aromatic heterocycles. The first kappa shape index (κ1) is 15.7. The van der Waals surface area contributed by atoms with Gasteiger partial charge in [-0.3, -0.25) is 0 Å². The second-order valence-corrected chi connectivity index (χ2v) is 5.80. The van der Waals surface area contributed by atoms with Crippen molar-refractivity contribution < 1.29 is 9.90 Å². The van der Waals surface area contributed by atoms with Gasteiger partial charge >= 0.3 is 6.09 Å². The molecule has 1 atom stereocenters. The van der Waals surface area contributed by atoms with E-state index in [2.05, 4.69) is 15.3 Å². The summed E-state index contributed by atoms with van der Waals surface area (Å²) < 4.78 is 0. The fourth-order valence-electron chi connectivity index (χ4n) is 1.99. The van der Waals surface area contributed by atoms with Crippen LogP contribution in [0.4, 0.5) is 4.79 Å². The van der Waals surface area contributed by atoms with Crippen LogP contribution in [-0.2, 0) is 0 Å². The maximum absolute atomic E-state index is 10.9. The molecule has 0 saturated heterocycles. The van der Waals surface area contributed by atoms with E-state index in [1.54, 1.807) is 18.3 Å². The number of amides is 1. The summed E-state index contributed by atoms with van der Waals surface area (Å²) in [6.07, 6.45) is 0.564. The summed E-state index contributed by atoms with van der Waals surface area (Å²) in [5.74, 6) is 0.627. The molecule has 0 saturated carbocycles. The van der Waals surface area contributed by atoms with E-state index < -0.39 is 12.1 Å². The van der Waals surface area contributed by atoms with Crippen LogP contribution in [0.15, 0.2) is 24.4 Å². The summed E-state index contributed by atoms with van der Waals surface area (Å²) in [5.41, 5.74) is 1.59. The van der Waals surface area contributed by atoms with E-state index in [-0.39, 0.29) is 5.92 Å². The van der Waals surface area contributed by atoms with Gasteiger partial charge in [-0.05, 0) is 18.1 Å². The Morgan fingerprint density at radius 2 is 2.05 bits per heavy atom. The minimum absolute atomic E-state index is 0.0638. The predicted molar refractivity (Wildman–Crippen MR) is 82.8 cm³/mol. The van der Waals surface area contributed by atoms with Gasteiger partial charge in [0, 0.05) is 5.56 Å². The van der Waals surface area contributed by atoms with E-state index in [1.165, 1.54) is 0 Å². The number of hydrogen-bond acceptors (Lipinski definition) is 2. The Balaban J connectivity index is 2.31. The first-order valence-electron chi connectivity index (χ1n) is 6.38. The fourth-order valence-corrected chi connectivity index (χ4v) is 2.29. The summed E-state index contributed by atoms with van der Waals surface area (Å²) in [5, 5.41) is 12.3. The molecule has 2 rings (SSSR count). The van der Waals surface area contributed by atoms with Gasteiger partial charge in [0.15, 0.2) is 0 Å². The molecule has 0 spiro atoms. The van der Waals surface area contributed by atoms with Crippen LogP contribution in [0.2, 0.25) is 10.0 Å². The maximum atomic E-state index is 10.9. The number of carboxylic acid groups (broad SMARTS) is 1. The number of halogens is 2. The monoisotopic (exact) mass is 327 g/mol. The molecule has 21 heavy (non-hydrogen) atoms. The summed E-state index contributed by atoms with van der Waals surface area (Å²) >= 11 is 11.9. The highest BCUT2D eigenvalue weighted by molar-refractivity contribution is 6.42. The van der Waals surface area contributed by atoms with Crippen molar-refractivity contribution in [1.82, 2.24) is 15.3 Å². The lowest BCUT2D eigenvalue weighted by molar-refractivity contribution is 0.185. The predicted octanol–water partition coefficient (Wildman–Crippen LogP) is 4.35. The molecule has 2 aromatic rings. The summed E-state index contributed by atoms with van der Waals surface area (Å²) in [4.78, 5) is 18.2. The van der Waals surface area contributed by atoms with Gasteiger partial charge in [0.1, 0.15) is 5.82 Å². The van der Waals surface area contributed by atoms with Crippen molar-refractivity contribution in [3.8, 4) is 11.3 Å². The largest absolute Gasteiger partial charge is 0.465 e. The molecule has 5 nitrogen and oxygen atoms in total. The van der Waals surface area contributed by atoms with Gasteiger partial charge in [-0.2, -0.15) is 0 Å². The van der Waals surface area contributed by atoms with Crippen LogP contribution >= 0.6 is 23.2 Å². The van der Waals surface area contributed by atoms with Gasteiger partial charge in [0.25, 0.3) is 0 Å². The molecule has 1 aromatic carbocycles. The Hall–Kier alpha value is -1.72. The zero-order valence-corrected chi connectivity index (χ0v) is 13.0. The Kier molecular flexibility index (Phi) is 4.75. The van der Waals surface area contributed by atoms with Gasteiger partial charge in [0.05, 0.1) is 28.0 Å². The molecule has 1 heterocycles. The number of H-pyrrole nitrogens is 1. The average Bonchev–Trinajstić information content (AvgIpc) is 2.88. The number of benzene rings is 1. The van der Waals surface area contributed by atoms with E-state index in [4.69, 9.17) is 28.3 Å². The number of carbonyl (C=O) groups is 1. The Labute approximate surface area is 132 Å². The van der Waals surface area contributed by atoms with Crippen LogP contribution in [0.5, 0.6) is 0 Å². The van der Waals surface area contributed by atoms with Crippen LogP contribution < -0.4 is 5.32 Å². The molecule has 0 fully saturated rings. The molecular weight excluding hydrogens is 313 g/mol. The first-order chi connectivity index (χ1) is 9.88. The molecule has 0 aliphatic rings. The number of hydrogen-bond donors (Lipinski definition) is 3. The first-order valence-corrected chi connectivity index (χ1v) is 7.14. The summed E-state index contributed by atoms with van der Waals surface area (Å²) in [7, 11) is 0. The van der Waals surface area contributed by atoms with Crippen LogP contribution in [0.25, 0.3) is 11.3 Å². The van der Waals surface area contributed by atoms with E-state index in [9.17, 15) is 4.79 Å². The van der Waals surface area contributed by atoms with Crippen molar-refractivity contribution in [3.63, 3.8) is 0 Å². The highest BCUT2D eigenvalue weighted by atomic mass is 35.5. The van der Waals surface area contributed by atoms with Gasteiger partial charge in [-0.15, -0.1) is 0 Å². The molecular formula is C14H15Cl2N3O2. The third-order valence-corrected chi connectivity index (χ3v) is 3.81. The minimum Gasteiger partial charge on any atom is -0.465 e. The normalized spacial score (nSPS) is 12.4. The smallest absolute Gasteiger partial charge is 0.405 e. The maximum Gasteiger partial charge on any atom is 0.405 e. The van der Waals surface area contributed by atoms with Crippen LogP contribution in [0.1, 0.15) is 25.7 Å². The molecule has 0 radical (unpaired) electrons. The second kappa shape index (κ2) is 6.37. The molecule has 7 heteroatoms. The van der Waals surface area contributed by atoms with Crippen LogP contribution in [-0.4, -0.2) is 21.2 Å². The van der Waals surface area contributed by atoms with Crippen molar-refractivity contribution in [2.45, 2.75) is 19.9 Å². The average molecular weight is 328 g/mol. The molecule has 3 N–H and O–H groups in total. The Morgan fingerprint density at radius 3 is 2.62 bits per heavy atom. The standard InChI is InChI=1S/C14H15Cl2N3O2/c1-7(2)12(19-14(20)21)13-17-6-11(18-13)8-3-4-9(15)10(16)5-8/h3-7,12,19H,1-2H3,(H,17,18)(H,20,21)/t12-/m0/s1. The van der Waals surface area contributed by atoms with Crippen molar-refractivity contribution in [1.29, 1.82) is 0 Å². The van der Waals surface area contributed by atoms with Crippen molar-refractivity contribution in [2.24, 2.45) is 5.92 Å². The minimum atomic E-state index is -1.08. The summed E-state index contributed by atoms with van der Waals surface area (Å²) in [6.45, 7) is 3.84. The van der Waals surface area contributed by atoms with Gasteiger partial charge in [0.2, 0.25) is 0 Å². The molecule has 0 aliphatic carbocycles. The third-order valence-electron chi connectivity index (χ3n) is 3.07. The zero-order valence-electron chi connectivity index (χ0n) is 11.5. The number of nitrogens with zero attached hydrogens (tertiary/aromatic N) is 1. The lowest BCUT2D eigenvalue weighted by Crippen LogP contribution is -2.31. The van der Waals surface area contributed by atoms with E-state index in [1.807, 2.05) is 19.9 Å². The van der Waals surface area contributed by atoms with Gasteiger partial charge in [-0.1, -0.05) is 43.1 Å². The number of aromatic nitrogens is 2. The summed E-state index contributed by atoms with van der Waals surface area (Å²) in [6, 6.07) is 4.85. The van der Waals surface area contributed by atoms with E-state index in [0.717, 1.165) is 11.3 Å². The Morgan fingerprint density at radius 1 is 1.33 bits per heavy atom. The molecule has 112 valence electrons. The molecule has 0 unspecified atom stereocenters. The lowest BCUT2D eigenvalue weighted by atomic mass is 10.0. The fraction of sp³-hybridized carbons (Fsp3) is 0.286. The Bertz CT molecular complexity index is 655. The lowest BCUT2D eigenvalue weighted by Gasteiger charge is -2.18. The highest BCUT2D eigenvalue weighted by Gasteiger charge is 2.21. The van der Waals surface area contributed by atoms with Crippen LogP contribution in [0.3, 0.4) is 0 Å².